The van der Waals surface area contributed by atoms with E-state index < -0.39 is 6.10 Å². The molecule has 0 bridgehead atoms. The van der Waals surface area contributed by atoms with Crippen LogP contribution in [0.4, 0.5) is 4.39 Å². The van der Waals surface area contributed by atoms with Crippen molar-refractivity contribution in [2.75, 3.05) is 0 Å². The highest BCUT2D eigenvalue weighted by molar-refractivity contribution is 9.10. The third-order valence-corrected chi connectivity index (χ3v) is 3.07. The van der Waals surface area contributed by atoms with Gasteiger partial charge in [0.15, 0.2) is 0 Å². The number of benzene rings is 2. The molecular weight excluding hydrogens is 295 g/mol. The average Bonchev–Trinajstić information content (AvgIpc) is 2.37. The summed E-state index contributed by atoms with van der Waals surface area (Å²) in [5.74, 6) is 5.25. The molecule has 0 saturated carbocycles. The van der Waals surface area contributed by atoms with Crippen LogP contribution in [0.2, 0.25) is 0 Å². The topological polar surface area (TPSA) is 20.2 Å². The van der Waals surface area contributed by atoms with Crippen molar-refractivity contribution in [1.29, 1.82) is 0 Å². The van der Waals surface area contributed by atoms with Crippen LogP contribution in [-0.2, 0) is 0 Å². The van der Waals surface area contributed by atoms with Crippen LogP contribution in [0.15, 0.2) is 53.0 Å². The Morgan fingerprint density at radius 1 is 1.11 bits per heavy atom. The number of rotatable bonds is 1. The summed E-state index contributed by atoms with van der Waals surface area (Å²) in [7, 11) is 0. The molecule has 1 N–H and O–H groups in total. The first-order valence-electron chi connectivity index (χ1n) is 5.36. The molecule has 0 aliphatic carbocycles. The van der Waals surface area contributed by atoms with Crippen LogP contribution in [0.25, 0.3) is 0 Å². The molecular formula is C15H10BrFO. The van der Waals surface area contributed by atoms with Crippen molar-refractivity contribution >= 4 is 15.9 Å². The average molecular weight is 305 g/mol. The lowest BCUT2D eigenvalue weighted by atomic mass is 10.1. The molecule has 0 fully saturated rings. The van der Waals surface area contributed by atoms with Crippen LogP contribution in [0.5, 0.6) is 0 Å². The minimum atomic E-state index is -0.944. The van der Waals surface area contributed by atoms with Crippen LogP contribution >= 0.6 is 15.9 Å². The van der Waals surface area contributed by atoms with Crippen molar-refractivity contribution in [3.8, 4) is 11.8 Å². The van der Waals surface area contributed by atoms with Gasteiger partial charge in [-0.2, -0.15) is 0 Å². The maximum Gasteiger partial charge on any atom is 0.141 e. The number of aliphatic hydroxyl groups excluding tert-OH is 1. The first kappa shape index (κ1) is 12.8. The SMILES string of the molecule is OC(C#Cc1ccccc1)c1ccc(F)cc1Br. The molecule has 0 heterocycles. The Hall–Kier alpha value is -1.63. The predicted molar refractivity (Wildman–Crippen MR) is 72.4 cm³/mol. The van der Waals surface area contributed by atoms with E-state index in [1.54, 1.807) is 0 Å². The monoisotopic (exact) mass is 304 g/mol. The summed E-state index contributed by atoms with van der Waals surface area (Å²) in [5.41, 5.74) is 1.38. The molecule has 2 aromatic rings. The summed E-state index contributed by atoms with van der Waals surface area (Å²) in [5, 5.41) is 9.93. The van der Waals surface area contributed by atoms with Gasteiger partial charge in [-0.25, -0.2) is 4.39 Å². The molecule has 18 heavy (non-hydrogen) atoms. The van der Waals surface area contributed by atoms with E-state index in [0.717, 1.165) is 5.56 Å². The maximum atomic E-state index is 12.9. The van der Waals surface area contributed by atoms with Crippen molar-refractivity contribution in [1.82, 2.24) is 0 Å². The van der Waals surface area contributed by atoms with E-state index in [2.05, 4.69) is 27.8 Å². The fraction of sp³-hybridized carbons (Fsp3) is 0.0667. The van der Waals surface area contributed by atoms with Crippen LogP contribution in [-0.4, -0.2) is 5.11 Å². The smallest absolute Gasteiger partial charge is 0.141 e. The summed E-state index contributed by atoms with van der Waals surface area (Å²) in [6.07, 6.45) is -0.944. The zero-order valence-electron chi connectivity index (χ0n) is 9.40. The van der Waals surface area contributed by atoms with Gasteiger partial charge in [0.1, 0.15) is 11.9 Å². The Labute approximate surface area is 113 Å². The summed E-state index contributed by atoms with van der Waals surface area (Å²) >= 11 is 3.21. The molecule has 1 nitrogen and oxygen atoms in total. The predicted octanol–water partition coefficient (Wildman–Crippen LogP) is 3.67. The summed E-state index contributed by atoms with van der Waals surface area (Å²) in [4.78, 5) is 0. The second-order valence-corrected chi connectivity index (χ2v) is 4.56. The van der Waals surface area contributed by atoms with Crippen LogP contribution in [0.1, 0.15) is 17.2 Å². The molecule has 0 amide bonds. The van der Waals surface area contributed by atoms with E-state index >= 15 is 0 Å². The first-order chi connectivity index (χ1) is 8.66. The Morgan fingerprint density at radius 3 is 2.50 bits per heavy atom. The van der Waals surface area contributed by atoms with Gasteiger partial charge in [0, 0.05) is 15.6 Å². The lowest BCUT2D eigenvalue weighted by Gasteiger charge is -2.06. The van der Waals surface area contributed by atoms with Gasteiger partial charge in [-0.3, -0.25) is 0 Å². The van der Waals surface area contributed by atoms with Crippen molar-refractivity contribution < 1.29 is 9.50 Å². The first-order valence-corrected chi connectivity index (χ1v) is 6.16. The van der Waals surface area contributed by atoms with E-state index in [0.29, 0.717) is 10.0 Å². The molecule has 0 aliphatic rings. The zero-order chi connectivity index (χ0) is 13.0. The highest BCUT2D eigenvalue weighted by Crippen LogP contribution is 2.23. The third kappa shape index (κ3) is 3.19. The minimum absolute atomic E-state index is 0.353. The van der Waals surface area contributed by atoms with Gasteiger partial charge >= 0.3 is 0 Å². The lowest BCUT2D eigenvalue weighted by Crippen LogP contribution is -1.95. The fourth-order valence-electron chi connectivity index (χ4n) is 1.47. The van der Waals surface area contributed by atoms with Gasteiger partial charge in [0.05, 0.1) is 0 Å². The van der Waals surface area contributed by atoms with Gasteiger partial charge in [0.25, 0.3) is 0 Å². The van der Waals surface area contributed by atoms with E-state index in [4.69, 9.17) is 0 Å². The fourth-order valence-corrected chi connectivity index (χ4v) is 2.04. The van der Waals surface area contributed by atoms with Crippen LogP contribution < -0.4 is 0 Å². The number of aliphatic hydroxyl groups is 1. The van der Waals surface area contributed by atoms with Gasteiger partial charge in [-0.1, -0.05) is 52.0 Å². The summed E-state index contributed by atoms with van der Waals surface area (Å²) in [6.45, 7) is 0. The molecule has 0 radical (unpaired) electrons. The van der Waals surface area contributed by atoms with E-state index in [-0.39, 0.29) is 5.82 Å². The minimum Gasteiger partial charge on any atom is -0.376 e. The second kappa shape index (κ2) is 5.81. The highest BCUT2D eigenvalue weighted by Gasteiger charge is 2.08. The summed E-state index contributed by atoms with van der Waals surface area (Å²) < 4.78 is 13.4. The van der Waals surface area contributed by atoms with Crippen molar-refractivity contribution in [3.63, 3.8) is 0 Å². The Morgan fingerprint density at radius 2 is 1.83 bits per heavy atom. The standard InChI is InChI=1S/C15H10BrFO/c16-14-10-12(17)7-8-13(14)15(18)9-6-11-4-2-1-3-5-11/h1-5,7-8,10,15,18H. The molecule has 90 valence electrons. The molecule has 0 saturated heterocycles. The number of hydrogen-bond donors (Lipinski definition) is 1. The quantitative estimate of drug-likeness (QED) is 0.797. The Bertz CT molecular complexity index is 599. The lowest BCUT2D eigenvalue weighted by molar-refractivity contribution is 0.237. The molecule has 0 aromatic heterocycles. The van der Waals surface area contributed by atoms with Gasteiger partial charge < -0.3 is 5.11 Å². The van der Waals surface area contributed by atoms with E-state index in [9.17, 15) is 9.50 Å². The maximum absolute atomic E-state index is 12.9. The van der Waals surface area contributed by atoms with Gasteiger partial charge in [-0.15, -0.1) is 0 Å². The van der Waals surface area contributed by atoms with Gasteiger partial charge in [-0.05, 0) is 24.3 Å². The van der Waals surface area contributed by atoms with Gasteiger partial charge in [0.2, 0.25) is 0 Å². The Balaban J connectivity index is 2.23. The molecule has 2 aromatic carbocycles. The number of hydrogen-bond acceptors (Lipinski definition) is 1. The molecule has 1 atom stereocenters. The molecule has 0 aliphatic heterocycles. The largest absolute Gasteiger partial charge is 0.376 e. The van der Waals surface area contributed by atoms with E-state index in [1.807, 2.05) is 30.3 Å². The van der Waals surface area contributed by atoms with Crippen LogP contribution in [0, 0.1) is 17.7 Å². The Kier molecular flexibility index (Phi) is 4.14. The van der Waals surface area contributed by atoms with E-state index in [1.165, 1.54) is 18.2 Å². The van der Waals surface area contributed by atoms with Crippen molar-refractivity contribution in [2.24, 2.45) is 0 Å². The second-order valence-electron chi connectivity index (χ2n) is 3.70. The number of halogens is 2. The molecule has 0 spiro atoms. The third-order valence-electron chi connectivity index (χ3n) is 2.38. The van der Waals surface area contributed by atoms with Crippen LogP contribution in [0.3, 0.4) is 0 Å². The summed E-state index contributed by atoms with van der Waals surface area (Å²) in [6, 6.07) is 13.5. The van der Waals surface area contributed by atoms with Crippen molar-refractivity contribution in [3.05, 3.63) is 69.9 Å². The molecule has 3 heteroatoms. The molecule has 2 rings (SSSR count). The van der Waals surface area contributed by atoms with Crippen molar-refractivity contribution in [2.45, 2.75) is 6.10 Å². The normalized spacial score (nSPS) is 11.5. The molecule has 1 unspecified atom stereocenters. The zero-order valence-corrected chi connectivity index (χ0v) is 11.0. The highest BCUT2D eigenvalue weighted by atomic mass is 79.9.